The van der Waals surface area contributed by atoms with E-state index in [-0.39, 0.29) is 0 Å². The van der Waals surface area contributed by atoms with Crippen LogP contribution < -0.4 is 4.90 Å². The summed E-state index contributed by atoms with van der Waals surface area (Å²) >= 11 is 0. The molecule has 0 radical (unpaired) electrons. The van der Waals surface area contributed by atoms with Gasteiger partial charge in [0.15, 0.2) is 0 Å². The lowest BCUT2D eigenvalue weighted by Crippen LogP contribution is -2.10. The largest absolute Gasteiger partial charge is 0.310 e. The van der Waals surface area contributed by atoms with Gasteiger partial charge < -0.3 is 9.47 Å². The first-order valence-corrected chi connectivity index (χ1v) is 19.2. The van der Waals surface area contributed by atoms with Crippen LogP contribution >= 0.6 is 0 Å². The summed E-state index contributed by atoms with van der Waals surface area (Å²) in [5, 5.41) is 2.47. The van der Waals surface area contributed by atoms with Crippen LogP contribution in [0.1, 0.15) is 0 Å². The SMILES string of the molecule is c1ccc(-c2cccc(-c3cccc(N(c4ccc(-c5ccccc5-c5ccccc5)cc4)c4ccc5c6ccccc6n(-c6ccccc6)c5c4)c3)c2)cc1. The van der Waals surface area contributed by atoms with Crippen molar-refractivity contribution in [3.8, 4) is 50.2 Å². The predicted molar refractivity (Wildman–Crippen MR) is 237 cm³/mol. The summed E-state index contributed by atoms with van der Waals surface area (Å²) < 4.78 is 2.39. The average molecular weight is 715 g/mol. The summed E-state index contributed by atoms with van der Waals surface area (Å²) in [6.07, 6.45) is 0. The molecule has 0 aliphatic heterocycles. The molecule has 0 amide bonds. The molecule has 9 aromatic carbocycles. The quantitative estimate of drug-likeness (QED) is 0.152. The van der Waals surface area contributed by atoms with Gasteiger partial charge >= 0.3 is 0 Å². The van der Waals surface area contributed by atoms with Crippen molar-refractivity contribution in [3.63, 3.8) is 0 Å². The molecule has 10 aromatic rings. The van der Waals surface area contributed by atoms with Crippen molar-refractivity contribution >= 4 is 38.9 Å². The summed E-state index contributed by atoms with van der Waals surface area (Å²) in [6, 6.07) is 83.1. The van der Waals surface area contributed by atoms with Gasteiger partial charge in [-0.05, 0) is 105 Å². The minimum absolute atomic E-state index is 1.09. The fourth-order valence-electron chi connectivity index (χ4n) is 8.13. The third-order valence-electron chi connectivity index (χ3n) is 10.8. The molecule has 2 heteroatoms. The van der Waals surface area contributed by atoms with Crippen LogP contribution in [0.5, 0.6) is 0 Å². The first-order valence-electron chi connectivity index (χ1n) is 19.2. The Morgan fingerprint density at radius 1 is 0.268 bits per heavy atom. The first kappa shape index (κ1) is 33.2. The summed E-state index contributed by atoms with van der Waals surface area (Å²) in [6.45, 7) is 0. The molecule has 0 bridgehead atoms. The lowest BCUT2D eigenvalue weighted by molar-refractivity contribution is 1.18. The van der Waals surface area contributed by atoms with Gasteiger partial charge in [0.25, 0.3) is 0 Å². The number of para-hydroxylation sites is 2. The summed E-state index contributed by atoms with van der Waals surface area (Å²) in [7, 11) is 0. The second kappa shape index (κ2) is 14.4. The Morgan fingerprint density at radius 3 is 1.46 bits per heavy atom. The van der Waals surface area contributed by atoms with Crippen LogP contribution in [0.3, 0.4) is 0 Å². The number of aromatic nitrogens is 1. The highest BCUT2D eigenvalue weighted by Gasteiger charge is 2.19. The van der Waals surface area contributed by atoms with E-state index in [0.717, 1.165) is 28.3 Å². The maximum Gasteiger partial charge on any atom is 0.0561 e. The van der Waals surface area contributed by atoms with Crippen LogP contribution in [0.25, 0.3) is 72.0 Å². The standard InChI is InChI=1S/C54H38N2/c1-4-16-39(17-5-1)42-20-14-21-43(36-42)44-22-15-25-47(37-44)55(46-32-30-41(31-33-46)50-27-11-10-26-49(50)40-18-6-2-7-19-40)48-34-35-52-51-28-12-13-29-53(51)56(54(52)38-48)45-23-8-3-9-24-45/h1-38H. The van der Waals surface area contributed by atoms with Gasteiger partial charge in [0.2, 0.25) is 0 Å². The molecule has 0 fully saturated rings. The zero-order valence-corrected chi connectivity index (χ0v) is 30.8. The number of hydrogen-bond donors (Lipinski definition) is 0. The summed E-state index contributed by atoms with van der Waals surface area (Å²) in [5.74, 6) is 0. The average Bonchev–Trinajstić information content (AvgIpc) is 3.61. The second-order valence-corrected chi connectivity index (χ2v) is 14.2. The number of hydrogen-bond acceptors (Lipinski definition) is 1. The van der Waals surface area contributed by atoms with Crippen LogP contribution in [0.2, 0.25) is 0 Å². The highest BCUT2D eigenvalue weighted by atomic mass is 15.1. The molecule has 0 aliphatic carbocycles. The van der Waals surface area contributed by atoms with Gasteiger partial charge in [-0.15, -0.1) is 0 Å². The Balaban J connectivity index is 1.13. The summed E-state index contributed by atoms with van der Waals surface area (Å²) in [4.78, 5) is 2.39. The Kier molecular flexibility index (Phi) is 8.55. The molecule has 264 valence electrons. The van der Waals surface area contributed by atoms with Crippen molar-refractivity contribution in [2.24, 2.45) is 0 Å². The van der Waals surface area contributed by atoms with Crippen molar-refractivity contribution in [1.82, 2.24) is 4.57 Å². The van der Waals surface area contributed by atoms with Crippen LogP contribution in [-0.4, -0.2) is 4.57 Å². The van der Waals surface area contributed by atoms with Gasteiger partial charge in [-0.25, -0.2) is 0 Å². The molecule has 1 heterocycles. The molecule has 0 aliphatic rings. The molecule has 56 heavy (non-hydrogen) atoms. The molecular weight excluding hydrogens is 677 g/mol. The van der Waals surface area contributed by atoms with Crippen LogP contribution in [0.15, 0.2) is 231 Å². The zero-order valence-electron chi connectivity index (χ0n) is 30.8. The zero-order chi connectivity index (χ0) is 37.3. The molecule has 0 spiro atoms. The monoisotopic (exact) mass is 714 g/mol. The van der Waals surface area contributed by atoms with Crippen LogP contribution in [0, 0.1) is 0 Å². The maximum atomic E-state index is 2.39. The first-order chi connectivity index (χ1) is 27.8. The van der Waals surface area contributed by atoms with E-state index in [0.29, 0.717) is 0 Å². The van der Waals surface area contributed by atoms with Gasteiger partial charge in [0.05, 0.1) is 11.0 Å². The van der Waals surface area contributed by atoms with E-state index in [1.54, 1.807) is 0 Å². The van der Waals surface area contributed by atoms with E-state index in [9.17, 15) is 0 Å². The molecule has 0 saturated heterocycles. The lowest BCUT2D eigenvalue weighted by atomic mass is 9.94. The topological polar surface area (TPSA) is 8.17 Å². The molecular formula is C54H38N2. The third-order valence-corrected chi connectivity index (χ3v) is 10.8. The second-order valence-electron chi connectivity index (χ2n) is 14.2. The highest BCUT2D eigenvalue weighted by Crippen LogP contribution is 2.42. The van der Waals surface area contributed by atoms with Crippen molar-refractivity contribution in [2.75, 3.05) is 4.90 Å². The molecule has 10 rings (SSSR count). The van der Waals surface area contributed by atoms with Gasteiger partial charge in [0.1, 0.15) is 0 Å². The number of anilines is 3. The predicted octanol–water partition coefficient (Wildman–Crippen LogP) is 14.9. The van der Waals surface area contributed by atoms with Gasteiger partial charge in [0, 0.05) is 33.5 Å². The molecule has 2 nitrogen and oxygen atoms in total. The maximum absolute atomic E-state index is 2.39. The Hall–Kier alpha value is -7.42. The molecule has 0 N–H and O–H groups in total. The third kappa shape index (κ3) is 6.14. The van der Waals surface area contributed by atoms with Gasteiger partial charge in [-0.1, -0.05) is 170 Å². The fourth-order valence-corrected chi connectivity index (χ4v) is 8.13. The number of nitrogens with zero attached hydrogens (tertiary/aromatic N) is 2. The van der Waals surface area contributed by atoms with E-state index >= 15 is 0 Å². The van der Waals surface area contributed by atoms with Crippen molar-refractivity contribution < 1.29 is 0 Å². The fraction of sp³-hybridized carbons (Fsp3) is 0. The highest BCUT2D eigenvalue weighted by molar-refractivity contribution is 6.10. The van der Waals surface area contributed by atoms with Gasteiger partial charge in [-0.3, -0.25) is 0 Å². The number of benzene rings is 9. The van der Waals surface area contributed by atoms with Gasteiger partial charge in [-0.2, -0.15) is 0 Å². The van der Waals surface area contributed by atoms with E-state index in [1.165, 1.54) is 60.8 Å². The molecule has 0 unspecified atom stereocenters. The molecule has 0 atom stereocenters. The number of rotatable bonds is 8. The Morgan fingerprint density at radius 2 is 0.750 bits per heavy atom. The van der Waals surface area contributed by atoms with E-state index in [1.807, 2.05) is 0 Å². The van der Waals surface area contributed by atoms with E-state index in [2.05, 4.69) is 240 Å². The number of fused-ring (bicyclic) bond motifs is 3. The normalized spacial score (nSPS) is 11.2. The van der Waals surface area contributed by atoms with Crippen LogP contribution in [0.4, 0.5) is 17.1 Å². The van der Waals surface area contributed by atoms with Crippen LogP contribution in [-0.2, 0) is 0 Å². The minimum atomic E-state index is 1.09. The molecule has 0 saturated carbocycles. The smallest absolute Gasteiger partial charge is 0.0561 e. The minimum Gasteiger partial charge on any atom is -0.310 e. The van der Waals surface area contributed by atoms with E-state index < -0.39 is 0 Å². The van der Waals surface area contributed by atoms with Crippen molar-refractivity contribution in [3.05, 3.63) is 231 Å². The Labute approximate surface area is 327 Å². The van der Waals surface area contributed by atoms with Crippen molar-refractivity contribution in [2.45, 2.75) is 0 Å². The summed E-state index contributed by atoms with van der Waals surface area (Å²) in [5.41, 5.74) is 16.4. The van der Waals surface area contributed by atoms with E-state index in [4.69, 9.17) is 0 Å². The lowest BCUT2D eigenvalue weighted by Gasteiger charge is -2.27. The van der Waals surface area contributed by atoms with Crippen molar-refractivity contribution in [1.29, 1.82) is 0 Å². The molecule has 1 aromatic heterocycles. The Bertz CT molecular complexity index is 2940.